The lowest BCUT2D eigenvalue weighted by atomic mass is 10.1. The number of ether oxygens (including phenoxy) is 3. The molecule has 2 aromatic carbocycles. The summed E-state index contributed by atoms with van der Waals surface area (Å²) in [5.41, 5.74) is 1.79. The Balaban J connectivity index is 2.11. The predicted octanol–water partition coefficient (Wildman–Crippen LogP) is 3.70. The number of carbonyl (C=O) groups is 1. The first-order chi connectivity index (χ1) is 14.1. The molecular formula is C23H32N2O4. The van der Waals surface area contributed by atoms with Crippen molar-refractivity contribution < 1.29 is 19.0 Å². The van der Waals surface area contributed by atoms with Gasteiger partial charge in [-0.2, -0.15) is 0 Å². The Morgan fingerprint density at radius 1 is 0.862 bits per heavy atom. The molecule has 29 heavy (non-hydrogen) atoms. The van der Waals surface area contributed by atoms with E-state index in [0.29, 0.717) is 35.9 Å². The average Bonchev–Trinajstić information content (AvgIpc) is 2.77. The number of rotatable bonds is 11. The number of carbonyl (C=O) groups excluding carboxylic acids is 1. The highest BCUT2D eigenvalue weighted by molar-refractivity contribution is 5.95. The Hall–Kier alpha value is -2.73. The minimum absolute atomic E-state index is 0.0532. The first-order valence-corrected chi connectivity index (χ1v) is 9.93. The van der Waals surface area contributed by atoms with Crippen molar-refractivity contribution in [1.82, 2.24) is 9.80 Å². The van der Waals surface area contributed by atoms with E-state index in [1.807, 2.05) is 17.9 Å². The predicted molar refractivity (Wildman–Crippen MR) is 115 cm³/mol. The molecule has 0 bridgehead atoms. The van der Waals surface area contributed by atoms with Crippen molar-refractivity contribution in [2.45, 2.75) is 20.4 Å². The molecule has 0 heterocycles. The fourth-order valence-electron chi connectivity index (χ4n) is 3.24. The van der Waals surface area contributed by atoms with Crippen molar-refractivity contribution in [3.05, 3.63) is 53.6 Å². The standard InChI is InChI=1S/C23H32N2O4/c1-6-24(17-18-11-9-8-10-12-18)13-14-25(7-2)23(26)19-15-20(27-3)22(29-5)21(16-19)28-4/h8-12,15-16H,6-7,13-14,17H2,1-5H3. The van der Waals surface area contributed by atoms with Gasteiger partial charge in [-0.1, -0.05) is 37.3 Å². The number of methoxy groups -OCH3 is 3. The molecule has 0 aromatic heterocycles. The lowest BCUT2D eigenvalue weighted by molar-refractivity contribution is 0.0743. The lowest BCUT2D eigenvalue weighted by Crippen LogP contribution is -2.38. The average molecular weight is 401 g/mol. The van der Waals surface area contributed by atoms with Crippen molar-refractivity contribution in [2.75, 3.05) is 47.5 Å². The van der Waals surface area contributed by atoms with Crippen LogP contribution in [0.4, 0.5) is 0 Å². The molecule has 1 amide bonds. The van der Waals surface area contributed by atoms with E-state index < -0.39 is 0 Å². The van der Waals surface area contributed by atoms with Gasteiger partial charge in [0.1, 0.15) is 0 Å². The van der Waals surface area contributed by atoms with E-state index in [1.165, 1.54) is 5.56 Å². The molecule has 158 valence electrons. The van der Waals surface area contributed by atoms with Crippen LogP contribution in [0.1, 0.15) is 29.8 Å². The second kappa shape index (κ2) is 11.3. The number of hydrogen-bond donors (Lipinski definition) is 0. The molecule has 0 aliphatic heterocycles. The molecule has 2 rings (SSSR count). The van der Waals surface area contributed by atoms with Gasteiger partial charge < -0.3 is 19.1 Å². The van der Waals surface area contributed by atoms with Crippen molar-refractivity contribution in [2.24, 2.45) is 0 Å². The van der Waals surface area contributed by atoms with Crippen molar-refractivity contribution in [3.63, 3.8) is 0 Å². The molecule has 0 spiro atoms. The van der Waals surface area contributed by atoms with Gasteiger partial charge in [-0.15, -0.1) is 0 Å². The molecule has 0 saturated heterocycles. The van der Waals surface area contributed by atoms with E-state index >= 15 is 0 Å². The maximum absolute atomic E-state index is 13.1. The molecule has 6 heteroatoms. The van der Waals surface area contributed by atoms with Crippen molar-refractivity contribution in [1.29, 1.82) is 0 Å². The Bertz CT molecular complexity index is 755. The van der Waals surface area contributed by atoms with Crippen LogP contribution in [0.2, 0.25) is 0 Å². The van der Waals surface area contributed by atoms with Crippen LogP contribution in [-0.2, 0) is 6.54 Å². The highest BCUT2D eigenvalue weighted by Gasteiger charge is 2.21. The lowest BCUT2D eigenvalue weighted by Gasteiger charge is -2.27. The summed E-state index contributed by atoms with van der Waals surface area (Å²) in [6, 6.07) is 13.8. The molecule has 0 radical (unpaired) electrons. The summed E-state index contributed by atoms with van der Waals surface area (Å²) in [5, 5.41) is 0. The fraction of sp³-hybridized carbons (Fsp3) is 0.435. The highest BCUT2D eigenvalue weighted by Crippen LogP contribution is 2.38. The third-order valence-electron chi connectivity index (χ3n) is 4.96. The van der Waals surface area contributed by atoms with Gasteiger partial charge >= 0.3 is 0 Å². The second-order valence-corrected chi connectivity index (χ2v) is 6.65. The van der Waals surface area contributed by atoms with Gasteiger partial charge in [-0.25, -0.2) is 0 Å². The van der Waals surface area contributed by atoms with Crippen LogP contribution >= 0.6 is 0 Å². The van der Waals surface area contributed by atoms with Gasteiger partial charge in [0.15, 0.2) is 11.5 Å². The number of likely N-dealkylation sites (N-methyl/N-ethyl adjacent to an activating group) is 2. The van der Waals surface area contributed by atoms with E-state index in [1.54, 1.807) is 33.5 Å². The zero-order valence-electron chi connectivity index (χ0n) is 18.1. The third kappa shape index (κ3) is 5.87. The summed E-state index contributed by atoms with van der Waals surface area (Å²) in [6.45, 7) is 7.99. The van der Waals surface area contributed by atoms with Gasteiger partial charge in [0.05, 0.1) is 21.3 Å². The van der Waals surface area contributed by atoms with Crippen LogP contribution in [0.15, 0.2) is 42.5 Å². The minimum Gasteiger partial charge on any atom is -0.493 e. The van der Waals surface area contributed by atoms with E-state index in [0.717, 1.165) is 19.6 Å². The molecule has 0 unspecified atom stereocenters. The SMILES string of the molecule is CCN(CCN(CC)C(=O)c1cc(OC)c(OC)c(OC)c1)Cc1ccccc1. The Labute approximate surface area is 174 Å². The van der Waals surface area contributed by atoms with E-state index in [-0.39, 0.29) is 5.91 Å². The number of amides is 1. The van der Waals surface area contributed by atoms with E-state index in [2.05, 4.69) is 36.1 Å². The molecule has 0 N–H and O–H groups in total. The maximum atomic E-state index is 13.1. The van der Waals surface area contributed by atoms with Crippen molar-refractivity contribution >= 4 is 5.91 Å². The summed E-state index contributed by atoms with van der Waals surface area (Å²) in [6.07, 6.45) is 0. The molecule has 0 saturated carbocycles. The van der Waals surface area contributed by atoms with Crippen molar-refractivity contribution in [3.8, 4) is 17.2 Å². The van der Waals surface area contributed by atoms with Crippen LogP contribution in [0.3, 0.4) is 0 Å². The third-order valence-corrected chi connectivity index (χ3v) is 4.96. The molecular weight excluding hydrogens is 368 g/mol. The van der Waals surface area contributed by atoms with E-state index in [9.17, 15) is 4.79 Å². The zero-order chi connectivity index (χ0) is 21.2. The summed E-state index contributed by atoms with van der Waals surface area (Å²) < 4.78 is 16.1. The van der Waals surface area contributed by atoms with Crippen LogP contribution in [0.5, 0.6) is 17.2 Å². The van der Waals surface area contributed by atoms with Gasteiger partial charge in [0.2, 0.25) is 5.75 Å². The topological polar surface area (TPSA) is 51.2 Å². The number of benzene rings is 2. The molecule has 0 fully saturated rings. The molecule has 6 nitrogen and oxygen atoms in total. The Morgan fingerprint density at radius 2 is 1.48 bits per heavy atom. The number of nitrogens with zero attached hydrogens (tertiary/aromatic N) is 2. The second-order valence-electron chi connectivity index (χ2n) is 6.65. The Morgan fingerprint density at radius 3 is 1.97 bits per heavy atom. The smallest absolute Gasteiger partial charge is 0.254 e. The van der Waals surface area contributed by atoms with E-state index in [4.69, 9.17) is 14.2 Å². The molecule has 0 atom stereocenters. The zero-order valence-corrected chi connectivity index (χ0v) is 18.1. The number of hydrogen-bond acceptors (Lipinski definition) is 5. The van der Waals surface area contributed by atoms with Gasteiger partial charge in [0, 0.05) is 31.7 Å². The minimum atomic E-state index is -0.0532. The Kier molecular flexibility index (Phi) is 8.80. The molecule has 0 aliphatic rings. The monoisotopic (exact) mass is 400 g/mol. The summed E-state index contributed by atoms with van der Waals surface area (Å²) in [5.74, 6) is 1.38. The summed E-state index contributed by atoms with van der Waals surface area (Å²) >= 11 is 0. The van der Waals surface area contributed by atoms with Crippen LogP contribution in [0, 0.1) is 0 Å². The largest absolute Gasteiger partial charge is 0.493 e. The summed E-state index contributed by atoms with van der Waals surface area (Å²) in [4.78, 5) is 17.3. The fourth-order valence-corrected chi connectivity index (χ4v) is 3.24. The van der Waals surface area contributed by atoms with Crippen LogP contribution in [-0.4, -0.2) is 63.2 Å². The maximum Gasteiger partial charge on any atom is 0.254 e. The highest BCUT2D eigenvalue weighted by atomic mass is 16.5. The van der Waals surface area contributed by atoms with Gasteiger partial charge in [-0.3, -0.25) is 9.69 Å². The van der Waals surface area contributed by atoms with Gasteiger partial charge in [0.25, 0.3) is 5.91 Å². The first kappa shape index (κ1) is 22.6. The first-order valence-electron chi connectivity index (χ1n) is 9.93. The normalized spacial score (nSPS) is 10.7. The summed E-state index contributed by atoms with van der Waals surface area (Å²) in [7, 11) is 4.64. The molecule has 0 aliphatic carbocycles. The van der Waals surface area contributed by atoms with Gasteiger partial charge in [-0.05, 0) is 31.2 Å². The quantitative estimate of drug-likeness (QED) is 0.576. The molecule has 2 aromatic rings. The van der Waals surface area contributed by atoms with Crippen LogP contribution in [0.25, 0.3) is 0 Å². The van der Waals surface area contributed by atoms with Crippen LogP contribution < -0.4 is 14.2 Å².